The highest BCUT2D eigenvalue weighted by Gasteiger charge is 2.09. The van der Waals surface area contributed by atoms with Gasteiger partial charge in [0.15, 0.2) is 0 Å². The Morgan fingerprint density at radius 2 is 2.12 bits per heavy atom. The highest BCUT2D eigenvalue weighted by Crippen LogP contribution is 2.23. The summed E-state index contributed by atoms with van der Waals surface area (Å²) in [6.07, 6.45) is 7.82. The summed E-state index contributed by atoms with van der Waals surface area (Å²) in [7, 11) is 0. The minimum absolute atomic E-state index is 0.418. The number of aromatic hydroxyl groups is 1. The molecule has 17 heavy (non-hydrogen) atoms. The lowest BCUT2D eigenvalue weighted by atomic mass is 9.90. The first-order chi connectivity index (χ1) is 8.17. The van der Waals surface area contributed by atoms with Crippen molar-refractivity contribution >= 4 is 0 Å². The number of hydrogen-bond donors (Lipinski definition) is 1. The molecule has 1 heteroatoms. The number of allylic oxidation sites excluding steroid dienone is 1. The van der Waals surface area contributed by atoms with Crippen molar-refractivity contribution in [2.75, 3.05) is 0 Å². The zero-order valence-electron chi connectivity index (χ0n) is 11.1. The molecular formula is C16H24O. The molecular weight excluding hydrogens is 208 g/mol. The van der Waals surface area contributed by atoms with Gasteiger partial charge in [-0.3, -0.25) is 0 Å². The molecule has 0 aliphatic rings. The summed E-state index contributed by atoms with van der Waals surface area (Å²) < 4.78 is 0. The third-order valence-electron chi connectivity index (χ3n) is 3.27. The molecule has 0 aromatic heterocycles. The van der Waals surface area contributed by atoms with E-state index in [2.05, 4.69) is 19.6 Å². The number of benzene rings is 1. The van der Waals surface area contributed by atoms with Crippen molar-refractivity contribution in [1.82, 2.24) is 0 Å². The molecule has 1 aromatic rings. The maximum Gasteiger partial charge on any atom is 0.118 e. The summed E-state index contributed by atoms with van der Waals surface area (Å²) >= 11 is 0. The molecule has 1 rings (SSSR count). The van der Waals surface area contributed by atoms with Gasteiger partial charge in [-0.15, -0.1) is 6.58 Å². The van der Waals surface area contributed by atoms with Gasteiger partial charge in [-0.1, -0.05) is 38.0 Å². The van der Waals surface area contributed by atoms with Crippen LogP contribution in [0.15, 0.2) is 30.9 Å². The average molecular weight is 232 g/mol. The van der Waals surface area contributed by atoms with E-state index in [-0.39, 0.29) is 0 Å². The van der Waals surface area contributed by atoms with E-state index in [1.807, 2.05) is 25.1 Å². The van der Waals surface area contributed by atoms with Gasteiger partial charge in [0.05, 0.1) is 0 Å². The molecule has 0 fully saturated rings. The number of phenolic OH excluding ortho intramolecular Hbond substituents is 1. The molecule has 94 valence electrons. The molecule has 0 radical (unpaired) electrons. The van der Waals surface area contributed by atoms with E-state index in [0.717, 1.165) is 18.4 Å². The van der Waals surface area contributed by atoms with Gasteiger partial charge in [-0.25, -0.2) is 0 Å². The zero-order chi connectivity index (χ0) is 12.7. The summed E-state index contributed by atoms with van der Waals surface area (Å²) in [5.41, 5.74) is 2.20. The molecule has 1 N–H and O–H groups in total. The third kappa shape index (κ3) is 4.64. The number of phenols is 1. The molecule has 0 aliphatic heterocycles. The molecule has 1 aromatic carbocycles. The van der Waals surface area contributed by atoms with Crippen LogP contribution in [-0.4, -0.2) is 5.11 Å². The molecule has 0 heterocycles. The first-order valence-corrected chi connectivity index (χ1v) is 6.56. The maximum absolute atomic E-state index is 9.70. The molecule has 0 bridgehead atoms. The fraction of sp³-hybridized carbons (Fsp3) is 0.500. The smallest absolute Gasteiger partial charge is 0.118 e. The van der Waals surface area contributed by atoms with Gasteiger partial charge in [0.25, 0.3) is 0 Å². The van der Waals surface area contributed by atoms with Gasteiger partial charge in [0, 0.05) is 0 Å². The van der Waals surface area contributed by atoms with Crippen LogP contribution in [0.2, 0.25) is 0 Å². The first-order valence-electron chi connectivity index (χ1n) is 6.56. The van der Waals surface area contributed by atoms with Gasteiger partial charge in [-0.2, -0.15) is 0 Å². The summed E-state index contributed by atoms with van der Waals surface area (Å²) in [6, 6.07) is 6.04. The van der Waals surface area contributed by atoms with Gasteiger partial charge in [0.2, 0.25) is 0 Å². The zero-order valence-corrected chi connectivity index (χ0v) is 11.1. The Morgan fingerprint density at radius 1 is 1.35 bits per heavy atom. The molecule has 0 saturated carbocycles. The molecule has 0 saturated heterocycles. The maximum atomic E-state index is 9.70. The molecule has 0 aliphatic carbocycles. The Balaban J connectivity index is 2.64. The van der Waals surface area contributed by atoms with E-state index in [0.29, 0.717) is 11.7 Å². The Bertz CT molecular complexity index is 355. The Hall–Kier alpha value is -1.24. The predicted molar refractivity (Wildman–Crippen MR) is 74.4 cm³/mol. The fourth-order valence-corrected chi connectivity index (χ4v) is 2.23. The van der Waals surface area contributed by atoms with E-state index >= 15 is 0 Å². The van der Waals surface area contributed by atoms with Gasteiger partial charge < -0.3 is 5.11 Å². The van der Waals surface area contributed by atoms with Gasteiger partial charge in [0.1, 0.15) is 5.75 Å². The predicted octanol–water partition coefficient (Wildman–Crippen LogP) is 4.63. The topological polar surface area (TPSA) is 20.2 Å². The van der Waals surface area contributed by atoms with Gasteiger partial charge in [-0.05, 0) is 49.3 Å². The van der Waals surface area contributed by atoms with Crippen LogP contribution in [-0.2, 0) is 6.42 Å². The largest absolute Gasteiger partial charge is 0.508 e. The lowest BCUT2D eigenvalue weighted by Gasteiger charge is -2.15. The molecule has 0 spiro atoms. The monoisotopic (exact) mass is 232 g/mol. The third-order valence-corrected chi connectivity index (χ3v) is 3.27. The molecule has 1 unspecified atom stereocenters. The summed E-state index contributed by atoms with van der Waals surface area (Å²) in [4.78, 5) is 0. The number of rotatable bonds is 7. The summed E-state index contributed by atoms with van der Waals surface area (Å²) in [6.45, 7) is 7.95. The van der Waals surface area contributed by atoms with Crippen molar-refractivity contribution in [2.45, 2.75) is 46.0 Å². The van der Waals surface area contributed by atoms with Crippen molar-refractivity contribution in [1.29, 1.82) is 0 Å². The van der Waals surface area contributed by atoms with E-state index in [1.54, 1.807) is 0 Å². The highest BCUT2D eigenvalue weighted by atomic mass is 16.3. The Kier molecular flexibility index (Phi) is 5.82. The van der Waals surface area contributed by atoms with Crippen molar-refractivity contribution in [3.8, 4) is 5.75 Å². The van der Waals surface area contributed by atoms with Gasteiger partial charge >= 0.3 is 0 Å². The van der Waals surface area contributed by atoms with Crippen LogP contribution in [0.25, 0.3) is 0 Å². The normalized spacial score (nSPS) is 12.4. The van der Waals surface area contributed by atoms with Crippen molar-refractivity contribution in [3.63, 3.8) is 0 Å². The SMILES string of the molecule is C=CCCC(CCC)Cc1ccc(C)c(O)c1. The van der Waals surface area contributed by atoms with E-state index in [9.17, 15) is 5.11 Å². The Morgan fingerprint density at radius 3 is 2.71 bits per heavy atom. The van der Waals surface area contributed by atoms with E-state index in [4.69, 9.17) is 0 Å². The number of hydrogen-bond acceptors (Lipinski definition) is 1. The van der Waals surface area contributed by atoms with E-state index < -0.39 is 0 Å². The quantitative estimate of drug-likeness (QED) is 0.680. The summed E-state index contributed by atoms with van der Waals surface area (Å²) in [5, 5.41) is 9.70. The minimum atomic E-state index is 0.418. The van der Waals surface area contributed by atoms with Crippen molar-refractivity contribution in [3.05, 3.63) is 42.0 Å². The van der Waals surface area contributed by atoms with Crippen LogP contribution < -0.4 is 0 Å². The first kappa shape index (κ1) is 13.8. The van der Waals surface area contributed by atoms with Crippen LogP contribution >= 0.6 is 0 Å². The number of aryl methyl sites for hydroxylation is 1. The summed E-state index contributed by atoms with van der Waals surface area (Å²) in [5.74, 6) is 1.13. The highest BCUT2D eigenvalue weighted by molar-refractivity contribution is 5.35. The lowest BCUT2D eigenvalue weighted by molar-refractivity contribution is 0.442. The second kappa shape index (κ2) is 7.16. The lowest BCUT2D eigenvalue weighted by Crippen LogP contribution is -2.04. The Labute approximate surface area is 105 Å². The van der Waals surface area contributed by atoms with E-state index in [1.165, 1.54) is 24.8 Å². The minimum Gasteiger partial charge on any atom is -0.508 e. The van der Waals surface area contributed by atoms with Crippen molar-refractivity contribution in [2.24, 2.45) is 5.92 Å². The molecule has 1 nitrogen and oxygen atoms in total. The van der Waals surface area contributed by atoms with Crippen LogP contribution in [0.4, 0.5) is 0 Å². The standard InChI is InChI=1S/C16H24O/c1-4-6-8-14(7-5-2)11-15-10-9-13(3)16(17)12-15/h4,9-10,12,14,17H,1,5-8,11H2,2-3H3. The van der Waals surface area contributed by atoms with Crippen LogP contribution in [0.1, 0.15) is 43.7 Å². The fourth-order valence-electron chi connectivity index (χ4n) is 2.23. The second-order valence-electron chi connectivity index (χ2n) is 4.85. The second-order valence-corrected chi connectivity index (χ2v) is 4.85. The molecule has 0 amide bonds. The average Bonchev–Trinajstić information content (AvgIpc) is 2.31. The molecule has 1 atom stereocenters. The van der Waals surface area contributed by atoms with Crippen molar-refractivity contribution < 1.29 is 5.11 Å². The van der Waals surface area contributed by atoms with Crippen LogP contribution in [0, 0.1) is 12.8 Å². The van der Waals surface area contributed by atoms with Crippen LogP contribution in [0.5, 0.6) is 5.75 Å². The van der Waals surface area contributed by atoms with Crippen LogP contribution in [0.3, 0.4) is 0 Å².